The number of nitrogens with zero attached hydrogens (tertiary/aromatic N) is 4. The SMILES string of the molecule is C#CCN(CCOP(=O)([O-])OCC[N+](C)(C)C)C(=O)c1cnc(S(C)(=O)=O)c(C#N)c1. The maximum Gasteiger partial charge on any atom is 0.268 e. The number of hydrogen-bond acceptors (Lipinski definition) is 9. The van der Waals surface area contributed by atoms with E-state index in [4.69, 9.17) is 20.7 Å². The number of rotatable bonds is 11. The maximum absolute atomic E-state index is 12.7. The lowest BCUT2D eigenvalue weighted by molar-refractivity contribution is -0.870. The standard InChI is InChI=1S/C18H25N4O7PS/c1-6-7-21(8-10-28-30(24,25)29-11-9-22(2,3)4)18(23)16-12-15(13-19)17(20-14-16)31(5,26)27/h1,12,14H,7-11H2,2-5H3. The highest BCUT2D eigenvalue weighted by atomic mass is 32.2. The van der Waals surface area contributed by atoms with E-state index < -0.39 is 35.2 Å². The molecular formula is C18H25N4O7PS. The molecule has 1 rings (SSSR count). The van der Waals surface area contributed by atoms with Gasteiger partial charge >= 0.3 is 0 Å². The first kappa shape index (κ1) is 26.7. The summed E-state index contributed by atoms with van der Waals surface area (Å²) in [4.78, 5) is 29.3. The number of quaternary nitrogens is 1. The summed E-state index contributed by atoms with van der Waals surface area (Å²) in [6, 6.07) is 2.77. The predicted molar refractivity (Wildman–Crippen MR) is 109 cm³/mol. The monoisotopic (exact) mass is 472 g/mol. The number of carbonyl (C=O) groups is 1. The first-order chi connectivity index (χ1) is 14.2. The predicted octanol–water partition coefficient (Wildman–Crippen LogP) is -0.360. The lowest BCUT2D eigenvalue weighted by Gasteiger charge is -2.28. The highest BCUT2D eigenvalue weighted by Crippen LogP contribution is 2.37. The summed E-state index contributed by atoms with van der Waals surface area (Å²) >= 11 is 0. The molecule has 0 aromatic carbocycles. The molecule has 0 N–H and O–H groups in total. The molecule has 0 saturated carbocycles. The van der Waals surface area contributed by atoms with Crippen LogP contribution in [-0.2, 0) is 23.4 Å². The number of aromatic nitrogens is 1. The third-order valence-electron chi connectivity index (χ3n) is 3.76. The van der Waals surface area contributed by atoms with Crippen molar-refractivity contribution in [3.05, 3.63) is 23.4 Å². The maximum atomic E-state index is 12.7. The smallest absolute Gasteiger partial charge is 0.268 e. The molecule has 1 aromatic heterocycles. The molecule has 1 aromatic rings. The summed E-state index contributed by atoms with van der Waals surface area (Å²) in [6.45, 7) is -0.396. The third kappa shape index (κ3) is 9.15. The Kier molecular flexibility index (Phi) is 9.33. The van der Waals surface area contributed by atoms with Crippen LogP contribution in [0.3, 0.4) is 0 Å². The van der Waals surface area contributed by atoms with Crippen LogP contribution in [0.4, 0.5) is 0 Å². The molecule has 11 nitrogen and oxygen atoms in total. The average molecular weight is 472 g/mol. The van der Waals surface area contributed by atoms with Gasteiger partial charge < -0.3 is 23.3 Å². The van der Waals surface area contributed by atoms with Crippen molar-refractivity contribution in [1.82, 2.24) is 9.88 Å². The summed E-state index contributed by atoms with van der Waals surface area (Å²) in [5, 5.41) is 8.72. The second-order valence-electron chi connectivity index (χ2n) is 7.52. The molecule has 0 aliphatic carbocycles. The van der Waals surface area contributed by atoms with Gasteiger partial charge in [-0.1, -0.05) is 5.92 Å². The minimum Gasteiger partial charge on any atom is -0.756 e. The molecule has 0 spiro atoms. The van der Waals surface area contributed by atoms with Crippen LogP contribution in [0.2, 0.25) is 0 Å². The molecule has 31 heavy (non-hydrogen) atoms. The van der Waals surface area contributed by atoms with Gasteiger partial charge in [0.1, 0.15) is 19.2 Å². The molecule has 0 bridgehead atoms. The normalized spacial score (nSPS) is 13.6. The van der Waals surface area contributed by atoms with Gasteiger partial charge in [0.2, 0.25) is 0 Å². The van der Waals surface area contributed by atoms with Crippen molar-refractivity contribution in [2.24, 2.45) is 0 Å². The van der Waals surface area contributed by atoms with Crippen molar-refractivity contribution in [2.75, 3.05) is 60.2 Å². The van der Waals surface area contributed by atoms with Crippen LogP contribution < -0.4 is 4.89 Å². The second-order valence-corrected chi connectivity index (χ2v) is 10.9. The molecule has 0 fully saturated rings. The summed E-state index contributed by atoms with van der Waals surface area (Å²) in [5.74, 6) is 1.60. The molecule has 1 amide bonds. The fraction of sp³-hybridized carbons (Fsp3) is 0.500. The lowest BCUT2D eigenvalue weighted by atomic mass is 10.2. The number of amides is 1. The van der Waals surface area contributed by atoms with Gasteiger partial charge in [-0.2, -0.15) is 5.26 Å². The van der Waals surface area contributed by atoms with Crippen LogP contribution in [0, 0.1) is 23.7 Å². The summed E-state index contributed by atoms with van der Waals surface area (Å²) in [7, 11) is -2.70. The van der Waals surface area contributed by atoms with Gasteiger partial charge in [-0.05, 0) is 6.07 Å². The molecule has 0 aliphatic rings. The van der Waals surface area contributed by atoms with E-state index in [1.807, 2.05) is 21.1 Å². The van der Waals surface area contributed by atoms with Crippen LogP contribution in [0.25, 0.3) is 0 Å². The highest BCUT2D eigenvalue weighted by molar-refractivity contribution is 7.90. The Morgan fingerprint density at radius 1 is 1.35 bits per heavy atom. The van der Waals surface area contributed by atoms with Gasteiger partial charge in [-0.15, -0.1) is 6.42 Å². The molecular weight excluding hydrogens is 447 g/mol. The van der Waals surface area contributed by atoms with Gasteiger partial charge in [0.25, 0.3) is 13.7 Å². The number of terminal acetylenes is 1. The number of pyridine rings is 1. The quantitative estimate of drug-likeness (QED) is 0.239. The van der Waals surface area contributed by atoms with E-state index in [9.17, 15) is 22.7 Å². The average Bonchev–Trinajstić information content (AvgIpc) is 2.64. The van der Waals surface area contributed by atoms with Crippen LogP contribution in [0.5, 0.6) is 0 Å². The number of hydrogen-bond donors (Lipinski definition) is 0. The van der Waals surface area contributed by atoms with E-state index in [1.54, 1.807) is 6.07 Å². The van der Waals surface area contributed by atoms with Crippen LogP contribution in [-0.4, -0.2) is 88.9 Å². The van der Waals surface area contributed by atoms with Crippen LogP contribution in [0.15, 0.2) is 17.3 Å². The van der Waals surface area contributed by atoms with E-state index in [2.05, 4.69) is 10.9 Å². The number of nitriles is 1. The van der Waals surface area contributed by atoms with E-state index in [-0.39, 0.29) is 30.8 Å². The number of likely N-dealkylation sites (N-methyl/N-ethyl adjacent to an activating group) is 1. The zero-order chi connectivity index (χ0) is 23.9. The molecule has 0 radical (unpaired) electrons. The Labute approximate surface area is 182 Å². The minimum atomic E-state index is -4.57. The number of phosphoric ester groups is 1. The largest absolute Gasteiger partial charge is 0.756 e. The molecule has 0 aliphatic heterocycles. The number of phosphoric acid groups is 1. The number of carbonyl (C=O) groups excluding carboxylic acids is 1. The topological polar surface area (TPSA) is 150 Å². The van der Waals surface area contributed by atoms with Crippen molar-refractivity contribution in [1.29, 1.82) is 5.26 Å². The van der Waals surface area contributed by atoms with Gasteiger partial charge in [0.15, 0.2) is 14.9 Å². The molecule has 1 unspecified atom stereocenters. The zero-order valence-corrected chi connectivity index (χ0v) is 19.5. The summed E-state index contributed by atoms with van der Waals surface area (Å²) in [6.07, 6.45) is 7.17. The van der Waals surface area contributed by atoms with E-state index >= 15 is 0 Å². The Balaban J connectivity index is 2.84. The lowest BCUT2D eigenvalue weighted by Crippen LogP contribution is -2.37. The van der Waals surface area contributed by atoms with Gasteiger partial charge in [-0.3, -0.25) is 9.36 Å². The fourth-order valence-electron chi connectivity index (χ4n) is 2.22. The Morgan fingerprint density at radius 3 is 2.48 bits per heavy atom. The first-order valence-corrected chi connectivity index (χ1v) is 12.3. The summed E-state index contributed by atoms with van der Waals surface area (Å²) in [5.41, 5.74) is -0.372. The zero-order valence-electron chi connectivity index (χ0n) is 17.8. The molecule has 170 valence electrons. The van der Waals surface area contributed by atoms with E-state index in [1.165, 1.54) is 0 Å². The fourth-order valence-corrected chi connectivity index (χ4v) is 3.65. The number of sulfone groups is 1. The molecule has 1 atom stereocenters. The van der Waals surface area contributed by atoms with Crippen LogP contribution in [0.1, 0.15) is 15.9 Å². The van der Waals surface area contributed by atoms with E-state index in [0.29, 0.717) is 11.0 Å². The minimum absolute atomic E-state index is 0.0629. The molecule has 13 heteroatoms. The van der Waals surface area contributed by atoms with Crippen molar-refractivity contribution in [3.8, 4) is 18.4 Å². The second kappa shape index (κ2) is 10.8. The third-order valence-corrected chi connectivity index (χ3v) is 5.79. The van der Waals surface area contributed by atoms with Crippen LogP contribution >= 0.6 is 7.82 Å². The Morgan fingerprint density at radius 2 is 1.97 bits per heavy atom. The Hall–Kier alpha value is -2.31. The van der Waals surface area contributed by atoms with Crippen molar-refractivity contribution < 1.29 is 36.2 Å². The van der Waals surface area contributed by atoms with Crippen molar-refractivity contribution in [2.45, 2.75) is 5.03 Å². The molecule has 1 heterocycles. The van der Waals surface area contributed by atoms with Gasteiger partial charge in [0, 0.05) is 19.0 Å². The van der Waals surface area contributed by atoms with Gasteiger partial charge in [-0.25, -0.2) is 13.4 Å². The molecule has 0 saturated heterocycles. The highest BCUT2D eigenvalue weighted by Gasteiger charge is 2.21. The van der Waals surface area contributed by atoms with Crippen molar-refractivity contribution in [3.63, 3.8) is 0 Å². The summed E-state index contributed by atoms with van der Waals surface area (Å²) < 4.78 is 45.3. The van der Waals surface area contributed by atoms with Crippen molar-refractivity contribution >= 4 is 23.6 Å². The van der Waals surface area contributed by atoms with Gasteiger partial charge in [0.05, 0.1) is 45.4 Å². The first-order valence-electron chi connectivity index (χ1n) is 8.94. The van der Waals surface area contributed by atoms with E-state index in [0.717, 1.165) is 23.4 Å². The Bertz CT molecular complexity index is 1040.